The average Bonchev–Trinajstić information content (AvgIpc) is 2.65. The van der Waals surface area contributed by atoms with E-state index in [1.807, 2.05) is 0 Å². The van der Waals surface area contributed by atoms with Crippen molar-refractivity contribution in [3.63, 3.8) is 0 Å². The molecule has 1 N–H and O–H groups in total. The van der Waals surface area contributed by atoms with Crippen LogP contribution in [0, 0.1) is 11.8 Å². The van der Waals surface area contributed by atoms with Crippen LogP contribution in [-0.4, -0.2) is 29.1 Å². The second kappa shape index (κ2) is 8.77. The summed E-state index contributed by atoms with van der Waals surface area (Å²) >= 11 is 0. The summed E-state index contributed by atoms with van der Waals surface area (Å²) in [7, 11) is 0. The first-order chi connectivity index (χ1) is 9.86. The molecule has 1 saturated heterocycles. The van der Waals surface area contributed by atoms with Crippen molar-refractivity contribution in [2.24, 2.45) is 11.8 Å². The molecule has 3 atom stereocenters. The van der Waals surface area contributed by atoms with E-state index < -0.39 is 0 Å². The largest absolute Gasteiger partial charge is 0.323 e. The third-order valence-corrected chi connectivity index (χ3v) is 4.43. The van der Waals surface area contributed by atoms with Crippen molar-refractivity contribution in [1.29, 1.82) is 0 Å². The van der Waals surface area contributed by atoms with Gasteiger partial charge in [-0.05, 0) is 38.0 Å². The number of nitrogens with one attached hydrogen (secondary N) is 1. The van der Waals surface area contributed by atoms with Crippen LogP contribution in [0.15, 0.2) is 0 Å². The average molecular weight is 296 g/mol. The summed E-state index contributed by atoms with van der Waals surface area (Å²) in [5.74, 6) is 1.65. The molecule has 1 aliphatic rings. The van der Waals surface area contributed by atoms with Gasteiger partial charge in [0.05, 0.1) is 12.2 Å². The normalized spacial score (nSPS) is 24.4. The topological polar surface area (TPSA) is 32.3 Å². The van der Waals surface area contributed by atoms with Gasteiger partial charge in [0, 0.05) is 6.04 Å². The van der Waals surface area contributed by atoms with Gasteiger partial charge in [-0.15, -0.1) is 0 Å². The zero-order valence-corrected chi connectivity index (χ0v) is 15.0. The first-order valence-corrected chi connectivity index (χ1v) is 8.95. The van der Waals surface area contributed by atoms with Crippen LogP contribution in [0.25, 0.3) is 0 Å². The number of amides is 1. The van der Waals surface area contributed by atoms with Gasteiger partial charge in [0.15, 0.2) is 0 Å². The van der Waals surface area contributed by atoms with Crippen molar-refractivity contribution in [3.8, 4) is 0 Å². The molecule has 3 heteroatoms. The molecule has 0 radical (unpaired) electrons. The molecule has 1 aliphatic heterocycles. The van der Waals surface area contributed by atoms with Crippen molar-refractivity contribution < 1.29 is 4.79 Å². The Labute approximate surface area is 131 Å². The van der Waals surface area contributed by atoms with Gasteiger partial charge in [-0.25, -0.2) is 0 Å². The fourth-order valence-corrected chi connectivity index (χ4v) is 3.34. The van der Waals surface area contributed by atoms with Gasteiger partial charge >= 0.3 is 0 Å². The highest BCUT2D eigenvalue weighted by atomic mass is 16.2. The molecular weight excluding hydrogens is 260 g/mol. The summed E-state index contributed by atoms with van der Waals surface area (Å²) < 4.78 is 0. The minimum atomic E-state index is 0.0362. The van der Waals surface area contributed by atoms with Crippen LogP contribution in [0.5, 0.6) is 0 Å². The zero-order valence-electron chi connectivity index (χ0n) is 15.0. The predicted octanol–water partition coefficient (Wildman–Crippen LogP) is 4.17. The highest BCUT2D eigenvalue weighted by molar-refractivity contribution is 5.84. The quantitative estimate of drug-likeness (QED) is 0.692. The fourth-order valence-electron chi connectivity index (χ4n) is 3.34. The highest BCUT2D eigenvalue weighted by Crippen LogP contribution is 2.24. The van der Waals surface area contributed by atoms with Crippen LogP contribution in [-0.2, 0) is 4.79 Å². The molecule has 1 rings (SSSR count). The van der Waals surface area contributed by atoms with Crippen LogP contribution in [0.1, 0.15) is 80.1 Å². The SMILES string of the molecule is CCCC1NC(CC(C)C)C(=O)N1C(C)CCCC(C)C. The Balaban J connectivity index is 2.63. The minimum Gasteiger partial charge on any atom is -0.323 e. The van der Waals surface area contributed by atoms with E-state index in [1.165, 1.54) is 12.8 Å². The fraction of sp³-hybridized carbons (Fsp3) is 0.944. The molecular formula is C18H36N2O. The van der Waals surface area contributed by atoms with E-state index in [2.05, 4.69) is 51.8 Å². The Bertz CT molecular complexity index is 314. The van der Waals surface area contributed by atoms with E-state index in [4.69, 9.17) is 0 Å². The number of hydrogen-bond acceptors (Lipinski definition) is 2. The standard InChI is InChI=1S/C18H36N2O/c1-7-9-17-19-16(12-14(4)5)18(21)20(17)15(6)11-8-10-13(2)3/h13-17,19H,7-12H2,1-6H3. The van der Waals surface area contributed by atoms with Gasteiger partial charge in [0.25, 0.3) is 0 Å². The number of carbonyl (C=O) groups excluding carboxylic acids is 1. The maximum atomic E-state index is 12.7. The van der Waals surface area contributed by atoms with E-state index in [1.54, 1.807) is 0 Å². The molecule has 1 amide bonds. The maximum Gasteiger partial charge on any atom is 0.241 e. The summed E-state index contributed by atoms with van der Waals surface area (Å²) in [4.78, 5) is 14.9. The van der Waals surface area contributed by atoms with E-state index in [0.717, 1.165) is 31.6 Å². The van der Waals surface area contributed by atoms with Gasteiger partial charge in [0.2, 0.25) is 5.91 Å². The van der Waals surface area contributed by atoms with E-state index in [0.29, 0.717) is 17.9 Å². The van der Waals surface area contributed by atoms with Gasteiger partial charge in [-0.3, -0.25) is 10.1 Å². The Hall–Kier alpha value is -0.570. The molecule has 1 fully saturated rings. The van der Waals surface area contributed by atoms with E-state index >= 15 is 0 Å². The predicted molar refractivity (Wildman–Crippen MR) is 90.1 cm³/mol. The van der Waals surface area contributed by atoms with Crippen LogP contribution < -0.4 is 5.32 Å². The van der Waals surface area contributed by atoms with E-state index in [-0.39, 0.29) is 12.2 Å². The molecule has 0 aliphatic carbocycles. The first kappa shape index (κ1) is 18.5. The summed E-state index contributed by atoms with van der Waals surface area (Å²) in [6.07, 6.45) is 6.99. The summed E-state index contributed by atoms with van der Waals surface area (Å²) in [5, 5.41) is 3.58. The number of rotatable bonds is 9. The van der Waals surface area contributed by atoms with Gasteiger partial charge in [0.1, 0.15) is 0 Å². The van der Waals surface area contributed by atoms with Crippen molar-refractivity contribution >= 4 is 5.91 Å². The molecule has 0 aromatic carbocycles. The summed E-state index contributed by atoms with van der Waals surface area (Å²) in [6.45, 7) is 13.3. The molecule has 0 bridgehead atoms. The minimum absolute atomic E-state index is 0.0362. The number of hydrogen-bond donors (Lipinski definition) is 1. The second-order valence-electron chi connectivity index (χ2n) is 7.57. The summed E-state index contributed by atoms with van der Waals surface area (Å²) in [5.41, 5.74) is 0. The lowest BCUT2D eigenvalue weighted by molar-refractivity contribution is -0.132. The van der Waals surface area contributed by atoms with Crippen molar-refractivity contribution in [2.45, 2.75) is 98.3 Å². The Kier molecular flexibility index (Phi) is 7.72. The lowest BCUT2D eigenvalue weighted by Gasteiger charge is -2.30. The van der Waals surface area contributed by atoms with E-state index in [9.17, 15) is 4.79 Å². The van der Waals surface area contributed by atoms with Crippen molar-refractivity contribution in [3.05, 3.63) is 0 Å². The zero-order chi connectivity index (χ0) is 16.0. The lowest BCUT2D eigenvalue weighted by atomic mass is 10.0. The highest BCUT2D eigenvalue weighted by Gasteiger charge is 2.40. The van der Waals surface area contributed by atoms with Crippen LogP contribution in [0.4, 0.5) is 0 Å². The van der Waals surface area contributed by atoms with Gasteiger partial charge < -0.3 is 4.90 Å². The van der Waals surface area contributed by atoms with Gasteiger partial charge in [-0.1, -0.05) is 53.9 Å². The molecule has 0 aromatic rings. The molecule has 1 heterocycles. The molecule has 3 unspecified atom stereocenters. The Morgan fingerprint density at radius 2 is 1.76 bits per heavy atom. The smallest absolute Gasteiger partial charge is 0.241 e. The maximum absolute atomic E-state index is 12.7. The molecule has 3 nitrogen and oxygen atoms in total. The lowest BCUT2D eigenvalue weighted by Crippen LogP contribution is -2.43. The monoisotopic (exact) mass is 296 g/mol. The van der Waals surface area contributed by atoms with Gasteiger partial charge in [-0.2, -0.15) is 0 Å². The third kappa shape index (κ3) is 5.61. The van der Waals surface area contributed by atoms with Crippen LogP contribution in [0.3, 0.4) is 0 Å². The summed E-state index contributed by atoms with van der Waals surface area (Å²) in [6, 6.07) is 0.395. The second-order valence-corrected chi connectivity index (χ2v) is 7.57. The Morgan fingerprint density at radius 1 is 1.10 bits per heavy atom. The number of nitrogens with zero attached hydrogens (tertiary/aromatic N) is 1. The molecule has 21 heavy (non-hydrogen) atoms. The van der Waals surface area contributed by atoms with Crippen LogP contribution >= 0.6 is 0 Å². The molecule has 124 valence electrons. The van der Waals surface area contributed by atoms with Crippen molar-refractivity contribution in [1.82, 2.24) is 10.2 Å². The first-order valence-electron chi connectivity index (χ1n) is 8.95. The molecule has 0 aromatic heterocycles. The van der Waals surface area contributed by atoms with Crippen molar-refractivity contribution in [2.75, 3.05) is 0 Å². The molecule has 0 spiro atoms. The van der Waals surface area contributed by atoms with Crippen LogP contribution in [0.2, 0.25) is 0 Å². The third-order valence-electron chi connectivity index (χ3n) is 4.43. The Morgan fingerprint density at radius 3 is 2.29 bits per heavy atom. The molecule has 0 saturated carbocycles. The number of carbonyl (C=O) groups is 1.